The van der Waals surface area contributed by atoms with Crippen LogP contribution in [-0.4, -0.2) is 16.6 Å². The minimum atomic E-state index is -2.52. The molecule has 0 atom stereocenters. The summed E-state index contributed by atoms with van der Waals surface area (Å²) in [5, 5.41) is 0. The van der Waals surface area contributed by atoms with E-state index >= 15 is 0 Å². The highest BCUT2D eigenvalue weighted by atomic mass is 31.1. The summed E-state index contributed by atoms with van der Waals surface area (Å²) in [6.07, 6.45) is 0. The van der Waals surface area contributed by atoms with Gasteiger partial charge in [-0.15, -0.1) is 0 Å². The molecular weight excluding hydrogens is 483 g/mol. The Balaban J connectivity index is 1.57. The van der Waals surface area contributed by atoms with Crippen LogP contribution in [0.5, 0.6) is 0 Å². The molecule has 4 aromatic carbocycles. The maximum Gasteiger partial charge on any atom is 0.673 e. The largest absolute Gasteiger partial charge is 0.673 e. The van der Waals surface area contributed by atoms with Crippen molar-refractivity contribution in [3.8, 4) is 0 Å². The summed E-state index contributed by atoms with van der Waals surface area (Å²) >= 11 is 0. The number of hydrogen-bond acceptors (Lipinski definition) is 3. The Hall–Kier alpha value is -2.67. The third-order valence-corrected chi connectivity index (χ3v) is 20.3. The number of rotatable bonds is 8. The fourth-order valence-corrected chi connectivity index (χ4v) is 22.0. The van der Waals surface area contributed by atoms with E-state index in [0.717, 1.165) is 29.8 Å². The molecule has 0 aromatic heterocycles. The van der Waals surface area contributed by atoms with Gasteiger partial charge in [0.25, 0.3) is 16.6 Å². The monoisotopic (exact) mass is 513 g/mol. The zero-order chi connectivity index (χ0) is 24.0. The molecule has 6 heteroatoms. The van der Waals surface area contributed by atoms with Crippen LogP contribution in [0.2, 0.25) is 5.67 Å². The Labute approximate surface area is 211 Å². The third kappa shape index (κ3) is 6.32. The van der Waals surface area contributed by atoms with Gasteiger partial charge in [-0.2, -0.15) is 8.43 Å². The van der Waals surface area contributed by atoms with Crippen LogP contribution in [0.15, 0.2) is 121 Å². The first kappa shape index (κ1) is 24.0. The van der Waals surface area contributed by atoms with Crippen LogP contribution < -0.4 is 0 Å². The molecule has 0 aliphatic carbocycles. The molecule has 0 unspecified atom stereocenters. The molecule has 1 aliphatic rings. The van der Waals surface area contributed by atoms with Gasteiger partial charge in [-0.1, -0.05) is 121 Å². The van der Waals surface area contributed by atoms with E-state index in [1.54, 1.807) is 0 Å². The molecule has 0 N–H and O–H groups in total. The van der Waals surface area contributed by atoms with E-state index in [9.17, 15) is 4.57 Å². The molecule has 1 heterocycles. The highest BCUT2D eigenvalue weighted by Gasteiger charge is 2.61. The Morgan fingerprint density at radius 1 is 0.486 bits per heavy atom. The summed E-state index contributed by atoms with van der Waals surface area (Å²) in [6, 6.07) is 45.5. The van der Waals surface area contributed by atoms with Crippen LogP contribution in [0.3, 0.4) is 0 Å². The third-order valence-electron chi connectivity index (χ3n) is 6.66. The topological polar surface area (TPSA) is 35.5 Å². The zero-order valence-electron chi connectivity index (χ0n) is 19.8. The fourth-order valence-electron chi connectivity index (χ4n) is 5.36. The van der Waals surface area contributed by atoms with Crippen LogP contribution in [0, 0.1) is 0 Å². The van der Waals surface area contributed by atoms with Crippen LogP contribution in [-0.2, 0) is 37.2 Å². The number of hydrogen-bond donors (Lipinski definition) is 0. The van der Waals surface area contributed by atoms with Gasteiger partial charge in [0.05, 0.1) is 0 Å². The fraction of sp³-hybridized carbons (Fsp3) is 0.172. The van der Waals surface area contributed by atoms with Gasteiger partial charge in [0.1, 0.15) is 0 Å². The van der Waals surface area contributed by atoms with Gasteiger partial charge in [-0.05, 0) is 52.1 Å². The van der Waals surface area contributed by atoms with E-state index < -0.39 is 24.9 Å². The highest BCUT2D eigenvalue weighted by molar-refractivity contribution is 7.40. The molecule has 3 nitrogen and oxygen atoms in total. The summed E-state index contributed by atoms with van der Waals surface area (Å²) in [5.74, 6) is 0. The van der Waals surface area contributed by atoms with Crippen molar-refractivity contribution in [3.05, 3.63) is 144 Å². The SMILES string of the molecule is O=[P+]1O[Si](Cc2ccccc2)(Cc2ccccc2)C[Si](Cc2ccccc2)(Cc2ccccc2)O1. The highest BCUT2D eigenvalue weighted by Crippen LogP contribution is 2.48. The summed E-state index contributed by atoms with van der Waals surface area (Å²) < 4.78 is 26.4. The molecule has 0 radical (unpaired) electrons. The van der Waals surface area contributed by atoms with E-state index in [4.69, 9.17) is 8.43 Å². The molecule has 176 valence electrons. The maximum absolute atomic E-state index is 13.4. The van der Waals surface area contributed by atoms with Gasteiger partial charge in [0, 0.05) is 4.57 Å². The molecule has 5 rings (SSSR count). The Morgan fingerprint density at radius 2 is 0.743 bits per heavy atom. The molecule has 0 bridgehead atoms. The van der Waals surface area contributed by atoms with Crippen molar-refractivity contribution in [1.82, 2.24) is 0 Å². The molecule has 1 fully saturated rings. The average molecular weight is 514 g/mol. The van der Waals surface area contributed by atoms with Crippen molar-refractivity contribution >= 4 is 24.9 Å². The molecule has 4 aromatic rings. The summed E-state index contributed by atoms with van der Waals surface area (Å²) in [7, 11) is -7.21. The average Bonchev–Trinajstić information content (AvgIpc) is 2.86. The van der Waals surface area contributed by atoms with Gasteiger partial charge < -0.3 is 0 Å². The van der Waals surface area contributed by atoms with Crippen molar-refractivity contribution in [2.45, 2.75) is 29.8 Å². The van der Waals surface area contributed by atoms with E-state index in [-0.39, 0.29) is 0 Å². The first-order valence-corrected chi connectivity index (χ1v) is 18.3. The van der Waals surface area contributed by atoms with Crippen molar-refractivity contribution in [1.29, 1.82) is 0 Å². The second-order valence-electron chi connectivity index (χ2n) is 9.60. The molecule has 35 heavy (non-hydrogen) atoms. The first-order valence-electron chi connectivity index (χ1n) is 12.1. The second-order valence-corrected chi connectivity index (χ2v) is 19.1. The second kappa shape index (κ2) is 10.9. The van der Waals surface area contributed by atoms with Gasteiger partial charge in [0.15, 0.2) is 0 Å². The van der Waals surface area contributed by atoms with Crippen LogP contribution in [0.4, 0.5) is 0 Å². The lowest BCUT2D eigenvalue weighted by Crippen LogP contribution is -2.58. The maximum atomic E-state index is 13.4. The van der Waals surface area contributed by atoms with Gasteiger partial charge >= 0.3 is 8.25 Å². The van der Waals surface area contributed by atoms with Crippen LogP contribution in [0.25, 0.3) is 0 Å². The van der Waals surface area contributed by atoms with Crippen molar-refractivity contribution in [3.63, 3.8) is 0 Å². The van der Waals surface area contributed by atoms with Crippen LogP contribution in [0.1, 0.15) is 22.3 Å². The van der Waals surface area contributed by atoms with Crippen molar-refractivity contribution < 1.29 is 13.0 Å². The predicted octanol–water partition coefficient (Wildman–Crippen LogP) is 7.25. The molecule has 1 aliphatic heterocycles. The predicted molar refractivity (Wildman–Crippen MR) is 147 cm³/mol. The lowest BCUT2D eigenvalue weighted by atomic mass is 10.2. The molecule has 0 saturated carbocycles. The minimum absolute atomic E-state index is 0.839. The van der Waals surface area contributed by atoms with Crippen molar-refractivity contribution in [2.24, 2.45) is 0 Å². The van der Waals surface area contributed by atoms with Crippen molar-refractivity contribution in [2.75, 3.05) is 0 Å². The number of benzene rings is 4. The van der Waals surface area contributed by atoms with Crippen LogP contribution >= 0.6 is 8.25 Å². The molecule has 0 amide bonds. The molecule has 1 saturated heterocycles. The summed E-state index contributed by atoms with van der Waals surface area (Å²) in [6.45, 7) is 0. The smallest absolute Gasteiger partial charge is 0.175 e. The zero-order valence-corrected chi connectivity index (χ0v) is 22.6. The first-order chi connectivity index (χ1) is 17.1. The van der Waals surface area contributed by atoms with E-state index in [1.807, 2.05) is 24.3 Å². The molecule has 0 spiro atoms. The van der Waals surface area contributed by atoms with E-state index in [1.165, 1.54) is 22.3 Å². The van der Waals surface area contributed by atoms with E-state index in [0.29, 0.717) is 0 Å². The quantitative estimate of drug-likeness (QED) is 0.184. The molecular formula is C29H30O3PSi2+. The van der Waals surface area contributed by atoms with Gasteiger partial charge in [-0.3, -0.25) is 0 Å². The normalized spacial score (nSPS) is 16.6. The lowest BCUT2D eigenvalue weighted by Gasteiger charge is -2.37. The Morgan fingerprint density at radius 3 is 1.00 bits per heavy atom. The standard InChI is InChI=1S/C29H30O3PSi2/c30-33-31-34(21-26-13-5-1-6-14-26,22-27-15-7-2-8-16-27)25-35(32-33,23-28-17-9-3-10-18-28)24-29-19-11-4-12-20-29/h1-20H,21-25H2/q+1. The summed E-state index contributed by atoms with van der Waals surface area (Å²) in [4.78, 5) is 0. The Kier molecular flexibility index (Phi) is 7.52. The van der Waals surface area contributed by atoms with Gasteiger partial charge in [0.2, 0.25) is 0 Å². The van der Waals surface area contributed by atoms with E-state index in [2.05, 4.69) is 97.1 Å². The summed E-state index contributed by atoms with van der Waals surface area (Å²) in [5.41, 5.74) is 5.92. The van der Waals surface area contributed by atoms with Gasteiger partial charge in [-0.25, -0.2) is 0 Å². The Bertz CT molecular complexity index is 1060. The minimum Gasteiger partial charge on any atom is -0.175 e. The lowest BCUT2D eigenvalue weighted by molar-refractivity contribution is 0.382.